The van der Waals surface area contributed by atoms with Crippen molar-refractivity contribution in [3.8, 4) is 5.75 Å². The Bertz CT molecular complexity index is 841. The molecule has 0 saturated heterocycles. The van der Waals surface area contributed by atoms with E-state index in [1.54, 1.807) is 13.1 Å². The number of carbonyl (C=O) groups excluding carboxylic acids is 1. The first-order valence-electron chi connectivity index (χ1n) is 9.82. The van der Waals surface area contributed by atoms with Gasteiger partial charge in [-0.2, -0.15) is 0 Å². The van der Waals surface area contributed by atoms with Gasteiger partial charge in [-0.25, -0.2) is 4.39 Å². The van der Waals surface area contributed by atoms with Crippen LogP contribution in [0.4, 0.5) is 4.39 Å². The molecule has 6 nitrogen and oxygen atoms in total. The summed E-state index contributed by atoms with van der Waals surface area (Å²) in [6.07, 6.45) is 2.95. The summed E-state index contributed by atoms with van der Waals surface area (Å²) in [6.45, 7) is 1.25. The molecule has 1 amide bonds. The summed E-state index contributed by atoms with van der Waals surface area (Å²) >= 11 is 0. The maximum Gasteiger partial charge on any atom is 0.258 e. The molecule has 0 radical (unpaired) electrons. The fourth-order valence-electron chi connectivity index (χ4n) is 2.78. The summed E-state index contributed by atoms with van der Waals surface area (Å²) < 4.78 is 18.7. The Balaban J connectivity index is 0.00000320. The minimum atomic E-state index is -0.247. The van der Waals surface area contributed by atoms with E-state index in [1.807, 2.05) is 30.3 Å². The van der Waals surface area contributed by atoms with E-state index in [0.29, 0.717) is 30.8 Å². The minimum absolute atomic E-state index is 0. The molecule has 1 aliphatic rings. The SMILES string of the molecule is CN=C(NCCc1ccc(OCC(=O)NC2CC2)cc1)NCc1cccc(F)c1.I. The van der Waals surface area contributed by atoms with Gasteiger partial charge in [-0.05, 0) is 54.7 Å². The topological polar surface area (TPSA) is 74.8 Å². The number of ether oxygens (including phenoxy) is 1. The predicted octanol–water partition coefficient (Wildman–Crippen LogP) is 3.01. The Morgan fingerprint density at radius 3 is 2.57 bits per heavy atom. The van der Waals surface area contributed by atoms with E-state index < -0.39 is 0 Å². The quantitative estimate of drug-likeness (QED) is 0.267. The summed E-state index contributed by atoms with van der Waals surface area (Å²) in [6, 6.07) is 14.5. The molecule has 0 spiro atoms. The van der Waals surface area contributed by atoms with E-state index in [9.17, 15) is 9.18 Å². The maximum atomic E-state index is 13.2. The second kappa shape index (κ2) is 12.4. The largest absolute Gasteiger partial charge is 0.484 e. The molecule has 0 unspecified atom stereocenters. The highest BCUT2D eigenvalue weighted by molar-refractivity contribution is 14.0. The Hall–Kier alpha value is -2.36. The van der Waals surface area contributed by atoms with Crippen molar-refractivity contribution < 1.29 is 13.9 Å². The third-order valence-electron chi connectivity index (χ3n) is 4.51. The summed E-state index contributed by atoms with van der Waals surface area (Å²) in [4.78, 5) is 15.8. The summed E-state index contributed by atoms with van der Waals surface area (Å²) in [5, 5.41) is 9.31. The molecular weight excluding hydrogens is 498 g/mol. The second-order valence-corrected chi connectivity index (χ2v) is 7.01. The number of benzene rings is 2. The zero-order valence-corrected chi connectivity index (χ0v) is 19.3. The third-order valence-corrected chi connectivity index (χ3v) is 4.51. The van der Waals surface area contributed by atoms with Gasteiger partial charge >= 0.3 is 0 Å². The van der Waals surface area contributed by atoms with Crippen LogP contribution in [-0.4, -0.2) is 38.1 Å². The molecule has 0 atom stereocenters. The van der Waals surface area contributed by atoms with E-state index >= 15 is 0 Å². The monoisotopic (exact) mass is 526 g/mol. The van der Waals surface area contributed by atoms with Gasteiger partial charge in [-0.15, -0.1) is 24.0 Å². The first-order chi connectivity index (χ1) is 14.1. The molecule has 2 aromatic rings. The van der Waals surface area contributed by atoms with E-state index in [1.165, 1.54) is 12.1 Å². The van der Waals surface area contributed by atoms with Gasteiger partial charge in [0.25, 0.3) is 5.91 Å². The molecule has 0 heterocycles. The van der Waals surface area contributed by atoms with E-state index in [-0.39, 0.29) is 42.3 Å². The van der Waals surface area contributed by atoms with Gasteiger partial charge in [0.05, 0.1) is 0 Å². The van der Waals surface area contributed by atoms with Gasteiger partial charge in [0.1, 0.15) is 11.6 Å². The smallest absolute Gasteiger partial charge is 0.258 e. The highest BCUT2D eigenvalue weighted by atomic mass is 127. The van der Waals surface area contributed by atoms with Gasteiger partial charge in [0.15, 0.2) is 12.6 Å². The number of carbonyl (C=O) groups is 1. The molecule has 0 aliphatic heterocycles. The number of rotatable bonds is 9. The standard InChI is InChI=1S/C22H27FN4O2.HI/c1-24-22(26-14-17-3-2-4-18(23)13-17)25-12-11-16-5-9-20(10-6-16)29-15-21(28)27-19-7-8-19;/h2-6,9-10,13,19H,7-8,11-12,14-15H2,1H3,(H,27,28)(H2,24,25,26);1H. The molecule has 0 bridgehead atoms. The second-order valence-electron chi connectivity index (χ2n) is 7.01. The fraction of sp³-hybridized carbons (Fsp3) is 0.364. The van der Waals surface area contributed by atoms with Gasteiger partial charge < -0.3 is 20.7 Å². The van der Waals surface area contributed by atoms with Crippen LogP contribution < -0.4 is 20.7 Å². The lowest BCUT2D eigenvalue weighted by molar-refractivity contribution is -0.123. The molecule has 3 rings (SSSR count). The van der Waals surface area contributed by atoms with Crippen molar-refractivity contribution in [1.29, 1.82) is 0 Å². The third kappa shape index (κ3) is 8.56. The normalized spacial score (nSPS) is 13.2. The number of hydrogen-bond donors (Lipinski definition) is 3. The van der Waals surface area contributed by atoms with Crippen LogP contribution in [0.1, 0.15) is 24.0 Å². The molecule has 8 heteroatoms. The molecule has 3 N–H and O–H groups in total. The van der Waals surface area contributed by atoms with Gasteiger partial charge in [-0.3, -0.25) is 9.79 Å². The Kier molecular flexibility index (Phi) is 9.85. The zero-order valence-electron chi connectivity index (χ0n) is 17.0. The lowest BCUT2D eigenvalue weighted by Gasteiger charge is -2.12. The molecule has 1 aliphatic carbocycles. The average Bonchev–Trinajstić information content (AvgIpc) is 3.54. The van der Waals surface area contributed by atoms with Crippen LogP contribution in [0.25, 0.3) is 0 Å². The summed E-state index contributed by atoms with van der Waals surface area (Å²) in [5.41, 5.74) is 2.00. The van der Waals surface area contributed by atoms with Crippen LogP contribution in [0.2, 0.25) is 0 Å². The van der Waals surface area contributed by atoms with Crippen molar-refractivity contribution in [3.63, 3.8) is 0 Å². The highest BCUT2D eigenvalue weighted by Crippen LogP contribution is 2.18. The van der Waals surface area contributed by atoms with E-state index in [0.717, 1.165) is 30.4 Å². The molecule has 1 saturated carbocycles. The fourth-order valence-corrected chi connectivity index (χ4v) is 2.78. The first kappa shape index (κ1) is 23.9. The van der Waals surface area contributed by atoms with Gasteiger partial charge in [0.2, 0.25) is 0 Å². The Morgan fingerprint density at radius 1 is 1.13 bits per heavy atom. The number of guanidine groups is 1. The van der Waals surface area contributed by atoms with Crippen LogP contribution in [0.5, 0.6) is 5.75 Å². The van der Waals surface area contributed by atoms with Crippen LogP contribution in [0.15, 0.2) is 53.5 Å². The van der Waals surface area contributed by atoms with Crippen molar-refractivity contribution >= 4 is 35.8 Å². The average molecular weight is 526 g/mol. The molecule has 0 aromatic heterocycles. The van der Waals surface area contributed by atoms with Crippen molar-refractivity contribution in [2.45, 2.75) is 31.8 Å². The number of amides is 1. The molecule has 162 valence electrons. The maximum absolute atomic E-state index is 13.2. The lowest BCUT2D eigenvalue weighted by atomic mass is 10.1. The van der Waals surface area contributed by atoms with E-state index in [2.05, 4.69) is 20.9 Å². The minimum Gasteiger partial charge on any atom is -0.484 e. The highest BCUT2D eigenvalue weighted by Gasteiger charge is 2.23. The number of halogens is 2. The molecule has 30 heavy (non-hydrogen) atoms. The van der Waals surface area contributed by atoms with E-state index in [4.69, 9.17) is 4.74 Å². The van der Waals surface area contributed by atoms with Crippen LogP contribution in [0, 0.1) is 5.82 Å². The van der Waals surface area contributed by atoms with Crippen molar-refractivity contribution in [2.24, 2.45) is 4.99 Å². The number of aliphatic imine (C=N–C) groups is 1. The van der Waals surface area contributed by atoms with Gasteiger partial charge in [-0.1, -0.05) is 24.3 Å². The van der Waals surface area contributed by atoms with Crippen molar-refractivity contribution in [3.05, 3.63) is 65.5 Å². The zero-order chi connectivity index (χ0) is 20.5. The van der Waals surface area contributed by atoms with Crippen LogP contribution >= 0.6 is 24.0 Å². The van der Waals surface area contributed by atoms with Crippen molar-refractivity contribution in [1.82, 2.24) is 16.0 Å². The number of hydrogen-bond acceptors (Lipinski definition) is 3. The number of nitrogens with one attached hydrogen (secondary N) is 3. The molecule has 2 aromatic carbocycles. The predicted molar refractivity (Wildman–Crippen MR) is 127 cm³/mol. The lowest BCUT2D eigenvalue weighted by Crippen LogP contribution is -2.37. The Morgan fingerprint density at radius 2 is 1.90 bits per heavy atom. The Labute approximate surface area is 193 Å². The number of nitrogens with zero attached hydrogens (tertiary/aromatic N) is 1. The van der Waals surface area contributed by atoms with Crippen LogP contribution in [0.3, 0.4) is 0 Å². The summed E-state index contributed by atoms with van der Waals surface area (Å²) in [5.74, 6) is 1.03. The van der Waals surface area contributed by atoms with Crippen LogP contribution in [-0.2, 0) is 17.8 Å². The molecular formula is C22H28FIN4O2. The van der Waals surface area contributed by atoms with Crippen molar-refractivity contribution in [2.75, 3.05) is 20.2 Å². The first-order valence-corrected chi connectivity index (χ1v) is 9.82. The molecule has 1 fully saturated rings. The van der Waals surface area contributed by atoms with Gasteiger partial charge in [0, 0.05) is 26.2 Å². The summed E-state index contributed by atoms with van der Waals surface area (Å²) in [7, 11) is 1.70.